The molecular formula is C10H15N3O. The summed E-state index contributed by atoms with van der Waals surface area (Å²) in [7, 11) is 0. The van der Waals surface area contributed by atoms with Crippen molar-refractivity contribution < 1.29 is 0 Å². The lowest BCUT2D eigenvalue weighted by atomic mass is 10.1. The summed E-state index contributed by atoms with van der Waals surface area (Å²) in [6, 6.07) is 1.61. The summed E-state index contributed by atoms with van der Waals surface area (Å²) in [4.78, 5) is 16.1. The fourth-order valence-electron chi connectivity index (χ4n) is 1.87. The number of hydrogen-bond acceptors (Lipinski definition) is 3. The van der Waals surface area contributed by atoms with Gasteiger partial charge >= 0.3 is 0 Å². The van der Waals surface area contributed by atoms with Gasteiger partial charge in [-0.05, 0) is 19.4 Å². The molecule has 14 heavy (non-hydrogen) atoms. The normalized spacial score (nSPS) is 15.2. The van der Waals surface area contributed by atoms with Crippen molar-refractivity contribution >= 4 is 0 Å². The molecular weight excluding hydrogens is 178 g/mol. The van der Waals surface area contributed by atoms with Gasteiger partial charge in [0.2, 0.25) is 0 Å². The minimum atomic E-state index is 0.0816. The van der Waals surface area contributed by atoms with Crippen molar-refractivity contribution in [1.82, 2.24) is 9.55 Å². The van der Waals surface area contributed by atoms with Gasteiger partial charge in [-0.1, -0.05) is 0 Å². The van der Waals surface area contributed by atoms with E-state index in [1.54, 1.807) is 10.6 Å². The maximum atomic E-state index is 11.6. The Balaban J connectivity index is 2.41. The second-order valence-electron chi connectivity index (χ2n) is 3.65. The van der Waals surface area contributed by atoms with Crippen LogP contribution in [0.4, 0.5) is 0 Å². The van der Waals surface area contributed by atoms with E-state index in [0.717, 1.165) is 37.3 Å². The van der Waals surface area contributed by atoms with Crippen molar-refractivity contribution in [3.8, 4) is 0 Å². The Kier molecular flexibility index (Phi) is 2.63. The van der Waals surface area contributed by atoms with Gasteiger partial charge in [0.05, 0.1) is 0 Å². The fourth-order valence-corrected chi connectivity index (χ4v) is 1.87. The van der Waals surface area contributed by atoms with Gasteiger partial charge in [-0.2, -0.15) is 0 Å². The monoisotopic (exact) mass is 193 g/mol. The number of nitrogens with two attached hydrogens (primary N) is 1. The van der Waals surface area contributed by atoms with Crippen LogP contribution < -0.4 is 11.3 Å². The lowest BCUT2D eigenvalue weighted by Crippen LogP contribution is -2.28. The molecule has 0 atom stereocenters. The van der Waals surface area contributed by atoms with Crippen molar-refractivity contribution in [2.45, 2.75) is 32.2 Å². The summed E-state index contributed by atoms with van der Waals surface area (Å²) < 4.78 is 1.78. The highest BCUT2D eigenvalue weighted by Crippen LogP contribution is 2.09. The zero-order valence-corrected chi connectivity index (χ0v) is 8.20. The molecule has 0 spiro atoms. The standard InChI is InChI=1S/C10H15N3O/c11-5-4-8-7-10(14)13-6-2-1-3-9(13)12-8/h7H,1-6,11H2. The molecule has 0 aliphatic carbocycles. The van der Waals surface area contributed by atoms with Crippen LogP contribution in [-0.4, -0.2) is 16.1 Å². The molecule has 0 bridgehead atoms. The van der Waals surface area contributed by atoms with Gasteiger partial charge < -0.3 is 5.73 Å². The van der Waals surface area contributed by atoms with Crippen LogP contribution in [0.2, 0.25) is 0 Å². The zero-order chi connectivity index (χ0) is 9.97. The number of nitrogens with zero attached hydrogens (tertiary/aromatic N) is 2. The molecule has 4 nitrogen and oxygen atoms in total. The Bertz CT molecular complexity index is 383. The van der Waals surface area contributed by atoms with E-state index in [0.29, 0.717) is 13.0 Å². The third-order valence-electron chi connectivity index (χ3n) is 2.57. The molecule has 76 valence electrons. The summed E-state index contributed by atoms with van der Waals surface area (Å²) in [6.45, 7) is 1.37. The maximum Gasteiger partial charge on any atom is 0.253 e. The van der Waals surface area contributed by atoms with Crippen LogP contribution in [0.25, 0.3) is 0 Å². The van der Waals surface area contributed by atoms with E-state index in [1.165, 1.54) is 0 Å². The number of rotatable bonds is 2. The fraction of sp³-hybridized carbons (Fsp3) is 0.600. The summed E-state index contributed by atoms with van der Waals surface area (Å²) >= 11 is 0. The van der Waals surface area contributed by atoms with E-state index in [4.69, 9.17) is 5.73 Å². The molecule has 2 heterocycles. The van der Waals surface area contributed by atoms with Crippen molar-refractivity contribution in [2.75, 3.05) is 6.54 Å². The SMILES string of the molecule is NCCc1cc(=O)n2c(n1)CCCC2. The first-order valence-electron chi connectivity index (χ1n) is 5.11. The van der Waals surface area contributed by atoms with E-state index in [-0.39, 0.29) is 5.56 Å². The van der Waals surface area contributed by atoms with Crippen LogP contribution in [-0.2, 0) is 19.4 Å². The Labute approximate surface area is 82.8 Å². The lowest BCUT2D eigenvalue weighted by Gasteiger charge is -2.17. The molecule has 4 heteroatoms. The van der Waals surface area contributed by atoms with Crippen LogP contribution in [0.15, 0.2) is 10.9 Å². The smallest absolute Gasteiger partial charge is 0.253 e. The summed E-state index contributed by atoms with van der Waals surface area (Å²) in [5, 5.41) is 0. The van der Waals surface area contributed by atoms with Crippen molar-refractivity contribution in [3.05, 3.63) is 27.9 Å². The first-order chi connectivity index (χ1) is 6.81. The summed E-state index contributed by atoms with van der Waals surface area (Å²) in [5.41, 5.74) is 6.36. The second-order valence-corrected chi connectivity index (χ2v) is 3.65. The minimum absolute atomic E-state index is 0.0816. The molecule has 2 N–H and O–H groups in total. The average molecular weight is 193 g/mol. The van der Waals surface area contributed by atoms with E-state index >= 15 is 0 Å². The van der Waals surface area contributed by atoms with E-state index in [9.17, 15) is 4.79 Å². The predicted molar refractivity (Wildman–Crippen MR) is 54.2 cm³/mol. The largest absolute Gasteiger partial charge is 0.330 e. The molecule has 1 aliphatic heterocycles. The molecule has 0 fully saturated rings. The van der Waals surface area contributed by atoms with Crippen LogP contribution in [0.1, 0.15) is 24.4 Å². The predicted octanol–water partition coefficient (Wildman–Crippen LogP) is 0.0808. The molecule has 2 rings (SSSR count). The molecule has 1 aromatic rings. The maximum absolute atomic E-state index is 11.6. The number of hydrogen-bond donors (Lipinski definition) is 1. The van der Waals surface area contributed by atoms with E-state index in [1.807, 2.05) is 0 Å². The zero-order valence-electron chi connectivity index (χ0n) is 8.20. The van der Waals surface area contributed by atoms with E-state index in [2.05, 4.69) is 4.98 Å². The van der Waals surface area contributed by atoms with Gasteiger partial charge in [0.15, 0.2) is 0 Å². The third-order valence-corrected chi connectivity index (χ3v) is 2.57. The quantitative estimate of drug-likeness (QED) is 0.723. The molecule has 0 unspecified atom stereocenters. The number of aromatic nitrogens is 2. The Hall–Kier alpha value is -1.16. The molecule has 1 aliphatic rings. The minimum Gasteiger partial charge on any atom is -0.330 e. The van der Waals surface area contributed by atoms with Crippen molar-refractivity contribution in [1.29, 1.82) is 0 Å². The molecule has 1 aromatic heterocycles. The molecule has 0 radical (unpaired) electrons. The van der Waals surface area contributed by atoms with E-state index < -0.39 is 0 Å². The van der Waals surface area contributed by atoms with Gasteiger partial charge in [0.25, 0.3) is 5.56 Å². The Morgan fingerprint density at radius 3 is 3.14 bits per heavy atom. The first kappa shape index (κ1) is 9.40. The number of fused-ring (bicyclic) bond motifs is 1. The van der Waals surface area contributed by atoms with Crippen LogP contribution >= 0.6 is 0 Å². The Morgan fingerprint density at radius 2 is 2.36 bits per heavy atom. The van der Waals surface area contributed by atoms with Crippen LogP contribution in [0.3, 0.4) is 0 Å². The second kappa shape index (κ2) is 3.92. The van der Waals surface area contributed by atoms with Crippen molar-refractivity contribution in [3.63, 3.8) is 0 Å². The third kappa shape index (κ3) is 1.70. The average Bonchev–Trinajstić information content (AvgIpc) is 2.18. The topological polar surface area (TPSA) is 60.9 Å². The van der Waals surface area contributed by atoms with Gasteiger partial charge in [-0.3, -0.25) is 9.36 Å². The summed E-state index contributed by atoms with van der Waals surface area (Å²) in [5.74, 6) is 0.937. The molecule has 0 amide bonds. The lowest BCUT2D eigenvalue weighted by molar-refractivity contribution is 0.492. The van der Waals surface area contributed by atoms with Crippen LogP contribution in [0.5, 0.6) is 0 Å². The summed E-state index contributed by atoms with van der Waals surface area (Å²) in [6.07, 6.45) is 3.85. The van der Waals surface area contributed by atoms with Gasteiger partial charge in [0.1, 0.15) is 5.82 Å². The molecule has 0 saturated carbocycles. The van der Waals surface area contributed by atoms with Gasteiger partial charge in [-0.15, -0.1) is 0 Å². The van der Waals surface area contributed by atoms with Gasteiger partial charge in [0, 0.05) is 31.1 Å². The highest BCUT2D eigenvalue weighted by atomic mass is 16.1. The van der Waals surface area contributed by atoms with Gasteiger partial charge in [-0.25, -0.2) is 4.98 Å². The van der Waals surface area contributed by atoms with Crippen molar-refractivity contribution in [2.24, 2.45) is 5.73 Å². The highest BCUT2D eigenvalue weighted by molar-refractivity contribution is 5.06. The first-order valence-corrected chi connectivity index (χ1v) is 5.11. The highest BCUT2D eigenvalue weighted by Gasteiger charge is 2.12. The van der Waals surface area contributed by atoms with Crippen LogP contribution in [0, 0.1) is 0 Å². The number of aryl methyl sites for hydroxylation is 1. The Morgan fingerprint density at radius 1 is 1.50 bits per heavy atom. The molecule has 0 saturated heterocycles. The molecule has 0 aromatic carbocycles.